The van der Waals surface area contributed by atoms with E-state index in [2.05, 4.69) is 5.32 Å². The van der Waals surface area contributed by atoms with Gasteiger partial charge in [0.2, 0.25) is 0 Å². The summed E-state index contributed by atoms with van der Waals surface area (Å²) in [6, 6.07) is 4.08. The molecule has 1 aromatic carbocycles. The number of aryl methyl sites for hydroxylation is 1. The van der Waals surface area contributed by atoms with Gasteiger partial charge in [-0.15, -0.1) is 0 Å². The maximum absolute atomic E-state index is 11.9. The minimum Gasteiger partial charge on any atom is -0.508 e. The highest BCUT2D eigenvalue weighted by molar-refractivity contribution is 5.81. The predicted molar refractivity (Wildman–Crippen MR) is 86.4 cm³/mol. The van der Waals surface area contributed by atoms with Gasteiger partial charge in [0, 0.05) is 6.42 Å². The number of carbonyl (C=O) groups excluding carboxylic acids is 2. The lowest BCUT2D eigenvalue weighted by molar-refractivity contribution is -0.143. The Kier molecular flexibility index (Phi) is 6.42. The molecule has 0 saturated carbocycles. The summed E-state index contributed by atoms with van der Waals surface area (Å²) in [5, 5.41) is 12.1. The van der Waals surface area contributed by atoms with E-state index in [0.717, 1.165) is 11.1 Å². The van der Waals surface area contributed by atoms with E-state index in [9.17, 15) is 14.7 Å². The maximum Gasteiger partial charge on any atom is 0.408 e. The quantitative estimate of drug-likeness (QED) is 0.814. The monoisotopic (exact) mass is 323 g/mol. The van der Waals surface area contributed by atoms with Crippen LogP contribution in [0.25, 0.3) is 0 Å². The fourth-order valence-electron chi connectivity index (χ4n) is 2.15. The van der Waals surface area contributed by atoms with Crippen molar-refractivity contribution >= 4 is 12.1 Å². The number of esters is 1. The molecule has 0 heterocycles. The molecule has 0 bridgehead atoms. The van der Waals surface area contributed by atoms with Crippen LogP contribution in [0.4, 0.5) is 4.79 Å². The molecule has 128 valence electrons. The number of phenolic OH excluding ortho intramolecular Hbond substituents is 1. The van der Waals surface area contributed by atoms with E-state index in [4.69, 9.17) is 9.47 Å². The summed E-state index contributed by atoms with van der Waals surface area (Å²) in [6.45, 7) is 7.19. The molecule has 6 nitrogen and oxygen atoms in total. The van der Waals surface area contributed by atoms with Gasteiger partial charge in [-0.1, -0.05) is 13.0 Å². The average molecular weight is 323 g/mol. The molecule has 23 heavy (non-hydrogen) atoms. The Morgan fingerprint density at radius 3 is 2.43 bits per heavy atom. The van der Waals surface area contributed by atoms with Gasteiger partial charge in [-0.2, -0.15) is 0 Å². The number of carbonyl (C=O) groups is 2. The first-order valence-electron chi connectivity index (χ1n) is 7.54. The number of amides is 1. The van der Waals surface area contributed by atoms with Crippen LogP contribution >= 0.6 is 0 Å². The Morgan fingerprint density at radius 2 is 1.91 bits per heavy atom. The normalized spacial score (nSPS) is 12.4. The summed E-state index contributed by atoms with van der Waals surface area (Å²) < 4.78 is 9.93. The van der Waals surface area contributed by atoms with E-state index in [0.29, 0.717) is 6.42 Å². The van der Waals surface area contributed by atoms with Gasteiger partial charge in [-0.3, -0.25) is 0 Å². The molecule has 0 aliphatic rings. The molecule has 1 atom stereocenters. The molecule has 0 unspecified atom stereocenters. The molecular weight excluding hydrogens is 298 g/mol. The van der Waals surface area contributed by atoms with Crippen LogP contribution in [0.2, 0.25) is 0 Å². The summed E-state index contributed by atoms with van der Waals surface area (Å²) in [5.74, 6) is -0.383. The van der Waals surface area contributed by atoms with Gasteiger partial charge in [0.25, 0.3) is 0 Å². The maximum atomic E-state index is 11.9. The number of ether oxygens (including phenoxy) is 2. The molecule has 0 spiro atoms. The Morgan fingerprint density at radius 1 is 1.26 bits per heavy atom. The van der Waals surface area contributed by atoms with E-state index in [1.807, 2.05) is 6.92 Å². The van der Waals surface area contributed by atoms with Crippen molar-refractivity contribution in [3.8, 4) is 5.75 Å². The van der Waals surface area contributed by atoms with Crippen LogP contribution in [0, 0.1) is 0 Å². The predicted octanol–water partition coefficient (Wildman–Crippen LogP) is 2.56. The number of benzene rings is 1. The van der Waals surface area contributed by atoms with Crippen LogP contribution < -0.4 is 5.32 Å². The first kappa shape index (κ1) is 18.8. The number of rotatable bonds is 5. The first-order chi connectivity index (χ1) is 10.7. The fraction of sp³-hybridized carbons (Fsp3) is 0.529. The van der Waals surface area contributed by atoms with Gasteiger partial charge in [0.1, 0.15) is 17.4 Å². The largest absolute Gasteiger partial charge is 0.508 e. The zero-order valence-electron chi connectivity index (χ0n) is 14.3. The lowest BCUT2D eigenvalue weighted by Gasteiger charge is -2.23. The highest BCUT2D eigenvalue weighted by Gasteiger charge is 2.26. The van der Waals surface area contributed by atoms with Gasteiger partial charge in [-0.05, 0) is 50.5 Å². The van der Waals surface area contributed by atoms with Crippen LogP contribution in [0.3, 0.4) is 0 Å². The van der Waals surface area contributed by atoms with E-state index in [1.165, 1.54) is 7.11 Å². The second-order valence-electron chi connectivity index (χ2n) is 6.23. The molecule has 2 N–H and O–H groups in total. The summed E-state index contributed by atoms with van der Waals surface area (Å²) in [6.07, 6.45) is 0.282. The van der Waals surface area contributed by atoms with Gasteiger partial charge in [0.05, 0.1) is 7.11 Å². The van der Waals surface area contributed by atoms with E-state index in [-0.39, 0.29) is 12.2 Å². The molecule has 0 aliphatic heterocycles. The van der Waals surface area contributed by atoms with Crippen molar-refractivity contribution in [1.82, 2.24) is 5.32 Å². The van der Waals surface area contributed by atoms with E-state index < -0.39 is 23.7 Å². The Hall–Kier alpha value is -2.24. The highest BCUT2D eigenvalue weighted by atomic mass is 16.6. The zero-order valence-corrected chi connectivity index (χ0v) is 14.3. The van der Waals surface area contributed by atoms with Gasteiger partial charge >= 0.3 is 12.1 Å². The molecule has 1 rings (SSSR count). The number of hydrogen-bond donors (Lipinski definition) is 2. The number of phenols is 1. The number of alkyl carbamates (subject to hydrolysis) is 1. The number of methoxy groups -OCH3 is 1. The standard InChI is InChI=1S/C17H25NO5/c1-6-11-9-13(19)8-7-12(11)10-14(15(20)22-5)18-16(21)23-17(2,3)4/h7-9,14,19H,6,10H2,1-5H3,(H,18,21)/t14-/m0/s1. The Labute approximate surface area is 136 Å². The second-order valence-corrected chi connectivity index (χ2v) is 6.23. The van der Waals surface area contributed by atoms with Crippen LogP contribution in [0.5, 0.6) is 5.75 Å². The minimum atomic E-state index is -0.857. The Bertz CT molecular complexity index is 563. The third-order valence-electron chi connectivity index (χ3n) is 3.17. The van der Waals surface area contributed by atoms with Gasteiger partial charge in [0.15, 0.2) is 0 Å². The molecule has 0 aromatic heterocycles. The summed E-state index contributed by atoms with van der Waals surface area (Å²) in [7, 11) is 1.27. The van der Waals surface area contributed by atoms with E-state index in [1.54, 1.807) is 39.0 Å². The Balaban J connectivity index is 2.92. The van der Waals surface area contributed by atoms with Crippen LogP contribution in [0.15, 0.2) is 18.2 Å². The van der Waals surface area contributed by atoms with Crippen molar-refractivity contribution in [2.45, 2.75) is 52.2 Å². The smallest absolute Gasteiger partial charge is 0.408 e. The average Bonchev–Trinajstić information content (AvgIpc) is 2.45. The van der Waals surface area contributed by atoms with Crippen LogP contribution in [-0.4, -0.2) is 35.9 Å². The third-order valence-corrected chi connectivity index (χ3v) is 3.17. The highest BCUT2D eigenvalue weighted by Crippen LogP contribution is 2.19. The number of nitrogens with one attached hydrogen (secondary N) is 1. The molecule has 0 saturated heterocycles. The van der Waals surface area contributed by atoms with Crippen LogP contribution in [-0.2, 0) is 27.1 Å². The fourth-order valence-corrected chi connectivity index (χ4v) is 2.15. The van der Waals surface area contributed by atoms with Gasteiger partial charge in [-0.25, -0.2) is 9.59 Å². The lowest BCUT2D eigenvalue weighted by atomic mass is 9.98. The second kappa shape index (κ2) is 7.85. The summed E-state index contributed by atoms with van der Waals surface area (Å²) >= 11 is 0. The SMILES string of the molecule is CCc1cc(O)ccc1C[C@H](NC(=O)OC(C)(C)C)C(=O)OC. The van der Waals surface area contributed by atoms with Gasteiger partial charge < -0.3 is 19.9 Å². The molecule has 0 aliphatic carbocycles. The topological polar surface area (TPSA) is 84.9 Å². The van der Waals surface area contributed by atoms with Crippen molar-refractivity contribution < 1.29 is 24.2 Å². The molecule has 6 heteroatoms. The van der Waals surface area contributed by atoms with Crippen molar-refractivity contribution in [3.63, 3.8) is 0 Å². The van der Waals surface area contributed by atoms with Crippen molar-refractivity contribution in [2.75, 3.05) is 7.11 Å². The van der Waals surface area contributed by atoms with Crippen LogP contribution in [0.1, 0.15) is 38.8 Å². The van der Waals surface area contributed by atoms with Crippen molar-refractivity contribution in [1.29, 1.82) is 0 Å². The third kappa shape index (κ3) is 6.18. The molecule has 1 aromatic rings. The summed E-state index contributed by atoms with van der Waals surface area (Å²) in [4.78, 5) is 23.8. The molecule has 0 radical (unpaired) electrons. The molecule has 1 amide bonds. The first-order valence-corrected chi connectivity index (χ1v) is 7.54. The lowest BCUT2D eigenvalue weighted by Crippen LogP contribution is -2.45. The van der Waals surface area contributed by atoms with Crippen molar-refractivity contribution in [2.24, 2.45) is 0 Å². The van der Waals surface area contributed by atoms with Crippen molar-refractivity contribution in [3.05, 3.63) is 29.3 Å². The number of hydrogen-bond acceptors (Lipinski definition) is 5. The molecular formula is C17H25NO5. The minimum absolute atomic E-state index is 0.167. The molecule has 0 fully saturated rings. The number of aromatic hydroxyl groups is 1. The summed E-state index contributed by atoms with van der Waals surface area (Å²) in [5.41, 5.74) is 1.11. The van der Waals surface area contributed by atoms with E-state index >= 15 is 0 Å². The zero-order chi connectivity index (χ0) is 17.6.